The molecule has 1 heterocycles. The number of carbonyl (C=O) groups excluding carboxylic acids is 1. The summed E-state index contributed by atoms with van der Waals surface area (Å²) in [5, 5.41) is 2.19. The van der Waals surface area contributed by atoms with Crippen LogP contribution in [-0.2, 0) is 16.1 Å². The number of para-hydroxylation sites is 1. The third kappa shape index (κ3) is 4.16. The van der Waals surface area contributed by atoms with Gasteiger partial charge in [-0.15, -0.1) is 0 Å². The molecule has 4 nitrogen and oxygen atoms in total. The second-order valence-electron chi connectivity index (χ2n) is 7.71. The lowest BCUT2D eigenvalue weighted by molar-refractivity contribution is -0.129. The Hall–Kier alpha value is -4.18. The minimum atomic E-state index is -0.471. The highest BCUT2D eigenvalue weighted by atomic mass is 16.6. The Labute approximate surface area is 186 Å². The molecule has 1 aliphatic heterocycles. The van der Waals surface area contributed by atoms with Crippen LogP contribution in [-0.4, -0.2) is 11.9 Å². The Morgan fingerprint density at radius 2 is 1.69 bits per heavy atom. The van der Waals surface area contributed by atoms with E-state index in [1.54, 1.807) is 6.08 Å². The van der Waals surface area contributed by atoms with E-state index < -0.39 is 5.97 Å². The van der Waals surface area contributed by atoms with Gasteiger partial charge in [0.2, 0.25) is 5.90 Å². The van der Waals surface area contributed by atoms with Crippen molar-refractivity contribution >= 4 is 28.7 Å². The van der Waals surface area contributed by atoms with Gasteiger partial charge in [0, 0.05) is 11.1 Å². The normalized spacial score (nSPS) is 14.5. The molecule has 0 saturated heterocycles. The van der Waals surface area contributed by atoms with E-state index in [0.717, 1.165) is 27.5 Å². The van der Waals surface area contributed by atoms with E-state index in [4.69, 9.17) is 9.47 Å². The highest BCUT2D eigenvalue weighted by molar-refractivity contribution is 6.13. The molecule has 4 aromatic carbocycles. The average Bonchev–Trinajstić information content (AvgIpc) is 3.18. The van der Waals surface area contributed by atoms with Gasteiger partial charge in [-0.05, 0) is 47.5 Å². The van der Waals surface area contributed by atoms with Gasteiger partial charge in [0.1, 0.15) is 12.4 Å². The van der Waals surface area contributed by atoms with Gasteiger partial charge in [0.15, 0.2) is 5.70 Å². The molecule has 0 saturated carbocycles. The lowest BCUT2D eigenvalue weighted by Gasteiger charge is -2.09. The number of aryl methyl sites for hydroxylation is 1. The number of benzene rings is 4. The summed E-state index contributed by atoms with van der Waals surface area (Å²) in [6.07, 6.45) is 1.71. The summed E-state index contributed by atoms with van der Waals surface area (Å²) in [6.45, 7) is 2.50. The molecular formula is C28H21NO3. The van der Waals surface area contributed by atoms with Gasteiger partial charge >= 0.3 is 5.97 Å². The van der Waals surface area contributed by atoms with Crippen molar-refractivity contribution in [3.63, 3.8) is 0 Å². The minimum absolute atomic E-state index is 0.250. The number of rotatable bonds is 5. The van der Waals surface area contributed by atoms with E-state index >= 15 is 0 Å². The van der Waals surface area contributed by atoms with Gasteiger partial charge in [0.05, 0.1) is 0 Å². The van der Waals surface area contributed by atoms with Crippen LogP contribution in [0.5, 0.6) is 5.75 Å². The Bertz CT molecular complexity index is 1380. The number of fused-ring (bicyclic) bond motifs is 1. The number of esters is 1. The van der Waals surface area contributed by atoms with E-state index in [-0.39, 0.29) is 5.70 Å². The van der Waals surface area contributed by atoms with Crippen molar-refractivity contribution in [3.8, 4) is 5.75 Å². The fourth-order valence-electron chi connectivity index (χ4n) is 3.70. The first-order valence-electron chi connectivity index (χ1n) is 10.4. The first-order valence-corrected chi connectivity index (χ1v) is 10.4. The standard InChI is InChI=1S/C28H21NO3/c1-19-7-6-8-20(15-19)18-31-26-12-5-4-11-23(26)17-25-28(30)32-27(29-25)24-14-13-21-9-2-3-10-22(21)16-24/h2-17H,18H2,1H3/b25-17+. The summed E-state index contributed by atoms with van der Waals surface area (Å²) in [4.78, 5) is 17.0. The Morgan fingerprint density at radius 1 is 0.875 bits per heavy atom. The van der Waals surface area contributed by atoms with Crippen molar-refractivity contribution < 1.29 is 14.3 Å². The topological polar surface area (TPSA) is 47.9 Å². The van der Waals surface area contributed by atoms with Gasteiger partial charge in [-0.3, -0.25) is 0 Å². The third-order valence-corrected chi connectivity index (χ3v) is 5.30. The second-order valence-corrected chi connectivity index (χ2v) is 7.71. The fourth-order valence-corrected chi connectivity index (χ4v) is 3.70. The monoisotopic (exact) mass is 419 g/mol. The first-order chi connectivity index (χ1) is 15.7. The number of nitrogens with zero attached hydrogens (tertiary/aromatic N) is 1. The zero-order valence-electron chi connectivity index (χ0n) is 17.6. The molecule has 0 spiro atoms. The summed E-state index contributed by atoms with van der Waals surface area (Å²) in [5.74, 6) is 0.524. The van der Waals surface area contributed by atoms with E-state index in [1.807, 2.05) is 78.9 Å². The van der Waals surface area contributed by atoms with E-state index in [0.29, 0.717) is 18.3 Å². The van der Waals surface area contributed by atoms with Crippen molar-refractivity contribution in [2.24, 2.45) is 4.99 Å². The highest BCUT2D eigenvalue weighted by Gasteiger charge is 2.24. The Balaban J connectivity index is 1.41. The molecule has 32 heavy (non-hydrogen) atoms. The van der Waals surface area contributed by atoms with Gasteiger partial charge in [-0.1, -0.05) is 78.4 Å². The smallest absolute Gasteiger partial charge is 0.363 e. The lowest BCUT2D eigenvalue weighted by Crippen LogP contribution is -2.05. The van der Waals surface area contributed by atoms with Gasteiger partial charge in [-0.25, -0.2) is 9.79 Å². The number of aliphatic imine (C=N–C) groups is 1. The fraction of sp³-hybridized carbons (Fsp3) is 0.0714. The predicted molar refractivity (Wildman–Crippen MR) is 127 cm³/mol. The zero-order chi connectivity index (χ0) is 21.9. The van der Waals surface area contributed by atoms with Crippen molar-refractivity contribution in [1.82, 2.24) is 0 Å². The van der Waals surface area contributed by atoms with Crippen LogP contribution < -0.4 is 4.74 Å². The number of cyclic esters (lactones) is 1. The SMILES string of the molecule is Cc1cccc(COc2ccccc2/C=C2/N=C(c3ccc4ccccc4c3)OC2=O)c1. The zero-order valence-corrected chi connectivity index (χ0v) is 17.6. The van der Waals surface area contributed by atoms with E-state index in [2.05, 4.69) is 24.0 Å². The molecule has 0 fully saturated rings. The molecule has 0 N–H and O–H groups in total. The largest absolute Gasteiger partial charge is 0.488 e. The van der Waals surface area contributed by atoms with Gasteiger partial charge in [-0.2, -0.15) is 0 Å². The molecule has 0 atom stereocenters. The number of carbonyl (C=O) groups is 1. The maximum absolute atomic E-state index is 12.5. The lowest BCUT2D eigenvalue weighted by atomic mass is 10.1. The molecule has 0 aromatic heterocycles. The van der Waals surface area contributed by atoms with E-state index in [9.17, 15) is 4.79 Å². The molecule has 0 amide bonds. The molecular weight excluding hydrogens is 398 g/mol. The van der Waals surface area contributed by atoms with Crippen LogP contribution in [0.3, 0.4) is 0 Å². The third-order valence-electron chi connectivity index (χ3n) is 5.30. The number of hydrogen-bond acceptors (Lipinski definition) is 4. The summed E-state index contributed by atoms with van der Waals surface area (Å²) >= 11 is 0. The van der Waals surface area contributed by atoms with Crippen LogP contribution in [0.4, 0.5) is 0 Å². The van der Waals surface area contributed by atoms with Crippen molar-refractivity contribution in [2.75, 3.05) is 0 Å². The number of ether oxygens (including phenoxy) is 2. The minimum Gasteiger partial charge on any atom is -0.488 e. The molecule has 0 bridgehead atoms. The van der Waals surface area contributed by atoms with Gasteiger partial charge < -0.3 is 9.47 Å². The van der Waals surface area contributed by atoms with Crippen LogP contribution in [0.15, 0.2) is 102 Å². The first kappa shape index (κ1) is 19.8. The maximum Gasteiger partial charge on any atom is 0.363 e. The van der Waals surface area contributed by atoms with Crippen molar-refractivity contribution in [1.29, 1.82) is 0 Å². The molecule has 4 heteroatoms. The quantitative estimate of drug-likeness (QED) is 0.291. The summed E-state index contributed by atoms with van der Waals surface area (Å²) in [7, 11) is 0. The van der Waals surface area contributed by atoms with Gasteiger partial charge in [0.25, 0.3) is 0 Å². The summed E-state index contributed by atoms with van der Waals surface area (Å²) in [6, 6.07) is 29.7. The van der Waals surface area contributed by atoms with Crippen LogP contribution in [0.25, 0.3) is 16.8 Å². The Kier molecular flexibility index (Phi) is 5.26. The van der Waals surface area contributed by atoms with Crippen LogP contribution in [0.1, 0.15) is 22.3 Å². The van der Waals surface area contributed by atoms with Crippen molar-refractivity contribution in [3.05, 3.63) is 119 Å². The van der Waals surface area contributed by atoms with Crippen LogP contribution in [0, 0.1) is 6.92 Å². The van der Waals surface area contributed by atoms with Crippen LogP contribution >= 0.6 is 0 Å². The maximum atomic E-state index is 12.5. The summed E-state index contributed by atoms with van der Waals surface area (Å²) in [5.41, 5.74) is 4.06. The average molecular weight is 419 g/mol. The van der Waals surface area contributed by atoms with Crippen LogP contribution in [0.2, 0.25) is 0 Å². The molecule has 1 aliphatic rings. The molecule has 0 unspecified atom stereocenters. The molecule has 0 aliphatic carbocycles. The Morgan fingerprint density at radius 3 is 2.56 bits per heavy atom. The number of hydrogen-bond donors (Lipinski definition) is 0. The predicted octanol–water partition coefficient (Wildman–Crippen LogP) is 6.07. The molecule has 5 rings (SSSR count). The van der Waals surface area contributed by atoms with E-state index in [1.165, 1.54) is 5.56 Å². The molecule has 156 valence electrons. The second kappa shape index (κ2) is 8.52. The van der Waals surface area contributed by atoms with Crippen molar-refractivity contribution in [2.45, 2.75) is 13.5 Å². The molecule has 0 radical (unpaired) electrons. The molecule has 4 aromatic rings. The summed E-state index contributed by atoms with van der Waals surface area (Å²) < 4.78 is 11.5. The highest BCUT2D eigenvalue weighted by Crippen LogP contribution is 2.26.